The number of hydrogen-bond donors (Lipinski definition) is 1. The molecule has 0 saturated carbocycles. The number of rotatable bonds is 5. The van der Waals surface area contributed by atoms with Crippen LogP contribution in [0.2, 0.25) is 0 Å². The molecular weight excluding hydrogens is 298 g/mol. The molecule has 0 atom stereocenters. The Balaban J connectivity index is 1.99. The smallest absolute Gasteiger partial charge is 0.183 e. The van der Waals surface area contributed by atoms with Gasteiger partial charge in [0.25, 0.3) is 0 Å². The number of fused-ring (bicyclic) bond motifs is 1. The maximum atomic E-state index is 4.54. The van der Waals surface area contributed by atoms with Gasteiger partial charge in [-0.1, -0.05) is 34.2 Å². The molecule has 0 aliphatic heterocycles. The molecule has 1 N–H and O–H groups in total. The van der Waals surface area contributed by atoms with Crippen molar-refractivity contribution >= 4 is 42.6 Å². The molecule has 0 radical (unpaired) electrons. The number of aromatic nitrogens is 1. The fourth-order valence-electron chi connectivity index (χ4n) is 1.49. The summed E-state index contributed by atoms with van der Waals surface area (Å²) in [5.41, 5.74) is 1.06. The number of nitrogens with one attached hydrogen (secondary N) is 1. The molecule has 0 aliphatic rings. The average molecular weight is 314 g/mol. The summed E-state index contributed by atoms with van der Waals surface area (Å²) in [5.74, 6) is 0. The molecule has 3 nitrogen and oxygen atoms in total. The van der Waals surface area contributed by atoms with Gasteiger partial charge >= 0.3 is 0 Å². The number of benzene rings is 1. The predicted octanol–water partition coefficient (Wildman–Crippen LogP) is 3.42. The number of halogens is 1. The third-order valence-corrected chi connectivity index (χ3v) is 4.13. The summed E-state index contributed by atoms with van der Waals surface area (Å²) >= 11 is 5.17. The van der Waals surface area contributed by atoms with Crippen molar-refractivity contribution in [2.24, 2.45) is 0 Å². The monoisotopic (exact) mass is 313 g/mol. The number of anilines is 1. The lowest BCUT2D eigenvalue weighted by molar-refractivity contribution is 0.367. The summed E-state index contributed by atoms with van der Waals surface area (Å²) in [7, 11) is 2.12. The van der Waals surface area contributed by atoms with E-state index in [4.69, 9.17) is 0 Å². The van der Waals surface area contributed by atoms with Gasteiger partial charge in [-0.3, -0.25) is 0 Å². The van der Waals surface area contributed by atoms with E-state index in [0.29, 0.717) is 0 Å². The van der Waals surface area contributed by atoms with Gasteiger partial charge in [0.15, 0.2) is 5.13 Å². The second kappa shape index (κ2) is 5.80. The van der Waals surface area contributed by atoms with E-state index in [2.05, 4.69) is 51.2 Å². The van der Waals surface area contributed by atoms with E-state index in [1.54, 1.807) is 11.3 Å². The van der Waals surface area contributed by atoms with Gasteiger partial charge in [0.05, 0.1) is 10.2 Å². The van der Waals surface area contributed by atoms with Gasteiger partial charge in [0, 0.05) is 17.6 Å². The van der Waals surface area contributed by atoms with Crippen molar-refractivity contribution in [3.05, 3.63) is 22.7 Å². The van der Waals surface area contributed by atoms with Crippen molar-refractivity contribution in [3.8, 4) is 0 Å². The van der Waals surface area contributed by atoms with Gasteiger partial charge in [-0.2, -0.15) is 0 Å². The van der Waals surface area contributed by atoms with Crippen LogP contribution in [-0.4, -0.2) is 36.6 Å². The fraction of sp³-hybridized carbons (Fsp3) is 0.417. The summed E-state index contributed by atoms with van der Waals surface area (Å²) < 4.78 is 2.32. The molecule has 0 unspecified atom stereocenters. The van der Waals surface area contributed by atoms with Crippen LogP contribution in [0.15, 0.2) is 22.7 Å². The molecule has 1 aromatic carbocycles. The summed E-state index contributed by atoms with van der Waals surface area (Å²) in [6, 6.07) is 6.17. The minimum Gasteiger partial charge on any atom is -0.360 e. The van der Waals surface area contributed by atoms with E-state index in [-0.39, 0.29) is 0 Å². The molecule has 0 saturated heterocycles. The lowest BCUT2D eigenvalue weighted by atomic mass is 10.3. The first-order valence-electron chi connectivity index (χ1n) is 5.67. The molecular formula is C12H16BrN3S. The van der Waals surface area contributed by atoms with Crippen molar-refractivity contribution < 1.29 is 0 Å². The molecule has 0 bridgehead atoms. The zero-order valence-corrected chi connectivity index (χ0v) is 12.4. The molecule has 0 aliphatic carbocycles. The third-order valence-electron chi connectivity index (χ3n) is 2.66. The maximum Gasteiger partial charge on any atom is 0.183 e. The highest BCUT2D eigenvalue weighted by Gasteiger charge is 2.03. The Kier molecular flexibility index (Phi) is 4.36. The van der Waals surface area contributed by atoms with E-state index in [0.717, 1.165) is 34.8 Å². The lowest BCUT2D eigenvalue weighted by Crippen LogP contribution is -2.24. The summed E-state index contributed by atoms with van der Waals surface area (Å²) in [6.45, 7) is 5.21. The van der Waals surface area contributed by atoms with Gasteiger partial charge in [-0.25, -0.2) is 4.98 Å². The Morgan fingerprint density at radius 1 is 1.47 bits per heavy atom. The molecule has 0 fully saturated rings. The highest BCUT2D eigenvalue weighted by Crippen LogP contribution is 2.28. The van der Waals surface area contributed by atoms with Gasteiger partial charge < -0.3 is 10.2 Å². The highest BCUT2D eigenvalue weighted by molar-refractivity contribution is 9.10. The van der Waals surface area contributed by atoms with Crippen LogP contribution in [0.4, 0.5) is 5.13 Å². The van der Waals surface area contributed by atoms with E-state index in [1.807, 2.05) is 12.1 Å². The summed E-state index contributed by atoms with van der Waals surface area (Å²) in [5, 5.41) is 4.37. The van der Waals surface area contributed by atoms with Crippen LogP contribution in [0, 0.1) is 0 Å². The molecule has 2 aromatic rings. The number of nitrogens with zero attached hydrogens (tertiary/aromatic N) is 2. The minimum atomic E-state index is 0.936. The quantitative estimate of drug-likeness (QED) is 0.916. The Morgan fingerprint density at radius 2 is 2.29 bits per heavy atom. The van der Waals surface area contributed by atoms with Crippen molar-refractivity contribution in [2.75, 3.05) is 32.0 Å². The maximum absolute atomic E-state index is 4.54. The highest BCUT2D eigenvalue weighted by atomic mass is 79.9. The number of likely N-dealkylation sites (N-methyl/N-ethyl adjacent to an activating group) is 1. The van der Waals surface area contributed by atoms with E-state index in [1.165, 1.54) is 4.70 Å². The van der Waals surface area contributed by atoms with Crippen molar-refractivity contribution in [2.45, 2.75) is 6.92 Å². The van der Waals surface area contributed by atoms with Crippen molar-refractivity contribution in [1.82, 2.24) is 9.88 Å². The topological polar surface area (TPSA) is 28.2 Å². The van der Waals surface area contributed by atoms with Crippen molar-refractivity contribution in [3.63, 3.8) is 0 Å². The van der Waals surface area contributed by atoms with Gasteiger partial charge in [-0.15, -0.1) is 0 Å². The Morgan fingerprint density at radius 3 is 3.06 bits per heavy atom. The zero-order valence-electron chi connectivity index (χ0n) is 10.0. The molecule has 17 heavy (non-hydrogen) atoms. The van der Waals surface area contributed by atoms with Crippen LogP contribution in [-0.2, 0) is 0 Å². The number of hydrogen-bond acceptors (Lipinski definition) is 4. The molecule has 2 rings (SSSR count). The summed E-state index contributed by atoms with van der Waals surface area (Å²) in [6.07, 6.45) is 0. The molecule has 1 heterocycles. The zero-order chi connectivity index (χ0) is 12.3. The van der Waals surface area contributed by atoms with E-state index < -0.39 is 0 Å². The fourth-order valence-corrected chi connectivity index (χ4v) is 2.93. The average Bonchev–Trinajstić information content (AvgIpc) is 2.70. The van der Waals surface area contributed by atoms with Crippen LogP contribution >= 0.6 is 27.3 Å². The van der Waals surface area contributed by atoms with Crippen LogP contribution in [0.5, 0.6) is 0 Å². The van der Waals surface area contributed by atoms with Gasteiger partial charge in [0.1, 0.15) is 0 Å². The first-order valence-corrected chi connectivity index (χ1v) is 7.28. The van der Waals surface area contributed by atoms with Crippen LogP contribution in [0.3, 0.4) is 0 Å². The van der Waals surface area contributed by atoms with Crippen LogP contribution in [0.25, 0.3) is 10.2 Å². The van der Waals surface area contributed by atoms with Crippen molar-refractivity contribution in [1.29, 1.82) is 0 Å². The second-order valence-corrected chi connectivity index (χ2v) is 5.90. The predicted molar refractivity (Wildman–Crippen MR) is 79.0 cm³/mol. The second-order valence-electron chi connectivity index (χ2n) is 3.95. The Labute approximate surface area is 114 Å². The SMILES string of the molecule is CCN(C)CCNc1nc2ccc(Br)cc2s1. The van der Waals surface area contributed by atoms with Crippen LogP contribution < -0.4 is 5.32 Å². The third kappa shape index (κ3) is 3.40. The largest absolute Gasteiger partial charge is 0.360 e. The molecule has 0 amide bonds. The molecule has 1 aromatic heterocycles. The standard InChI is InChI=1S/C12H16BrN3S/c1-3-16(2)7-6-14-12-15-10-5-4-9(13)8-11(10)17-12/h4-5,8H,3,6-7H2,1-2H3,(H,14,15). The summed E-state index contributed by atoms with van der Waals surface area (Å²) in [4.78, 5) is 6.82. The normalized spacial score (nSPS) is 11.3. The molecule has 5 heteroatoms. The van der Waals surface area contributed by atoms with E-state index >= 15 is 0 Å². The minimum absolute atomic E-state index is 0.936. The Bertz CT molecular complexity index is 497. The van der Waals surface area contributed by atoms with Gasteiger partial charge in [0.2, 0.25) is 0 Å². The van der Waals surface area contributed by atoms with Gasteiger partial charge in [-0.05, 0) is 31.8 Å². The first-order chi connectivity index (χ1) is 8.19. The van der Waals surface area contributed by atoms with E-state index in [9.17, 15) is 0 Å². The molecule has 0 spiro atoms. The first kappa shape index (κ1) is 12.8. The lowest BCUT2D eigenvalue weighted by Gasteiger charge is -2.13. The Hall–Kier alpha value is -0.650. The van der Waals surface area contributed by atoms with Crippen LogP contribution in [0.1, 0.15) is 6.92 Å². The molecule has 92 valence electrons. The number of thiazole rings is 1.